The van der Waals surface area contributed by atoms with Gasteiger partial charge in [0.25, 0.3) is 5.56 Å². The number of amides is 1. The minimum absolute atomic E-state index is 0.0999. The fourth-order valence-corrected chi connectivity index (χ4v) is 7.14. The van der Waals surface area contributed by atoms with Gasteiger partial charge in [-0.2, -0.15) is 18.2 Å². The number of nitrogens with zero attached hydrogens (tertiary/aromatic N) is 4. The van der Waals surface area contributed by atoms with E-state index in [1.54, 1.807) is 21.6 Å². The lowest BCUT2D eigenvalue weighted by molar-refractivity contribution is -0.165. The van der Waals surface area contributed by atoms with E-state index in [9.17, 15) is 45.5 Å². The average molecular weight is 853 g/mol. The Morgan fingerprint density at radius 1 is 0.831 bits per heavy atom. The molecule has 5 rings (SSSR count). The fraction of sp³-hybridized carbons (Fsp3) is 0.375. The molecule has 2 atom stereocenters. The first-order valence-electron chi connectivity index (χ1n) is 18.3. The van der Waals surface area contributed by atoms with Gasteiger partial charge in [-0.25, -0.2) is 22.8 Å². The SMILES string of the molecule is CCN(CC)CCN(Cc1ccc(-c2ccc(C(F)(F)F)cc2)cc1)C(=O)Cn1c(SCc2ccc(F)c(F)c2F)nc(=O)c2c1CCC2.O=C(O)C(O)C(O)C(=O)O. The van der Waals surface area contributed by atoms with Gasteiger partial charge in [-0.15, -0.1) is 0 Å². The molecule has 1 heterocycles. The summed E-state index contributed by atoms with van der Waals surface area (Å²) < 4.78 is 82.6. The second-order valence-electron chi connectivity index (χ2n) is 13.4. The highest BCUT2D eigenvalue weighted by Crippen LogP contribution is 2.32. The number of hydrogen-bond acceptors (Lipinski definition) is 9. The molecule has 4 aromatic rings. The maximum absolute atomic E-state index is 14.5. The zero-order chi connectivity index (χ0) is 43.6. The zero-order valence-corrected chi connectivity index (χ0v) is 32.7. The highest BCUT2D eigenvalue weighted by molar-refractivity contribution is 7.98. The Hall–Kier alpha value is -5.24. The van der Waals surface area contributed by atoms with Crippen LogP contribution in [0.1, 0.15) is 48.2 Å². The molecule has 0 aliphatic heterocycles. The molecule has 1 aliphatic rings. The van der Waals surface area contributed by atoms with Gasteiger partial charge in [0, 0.05) is 42.2 Å². The first-order valence-corrected chi connectivity index (χ1v) is 19.3. The third-order valence-corrected chi connectivity index (χ3v) is 10.6. The third kappa shape index (κ3) is 12.2. The summed E-state index contributed by atoms with van der Waals surface area (Å²) in [7, 11) is 0. The van der Waals surface area contributed by atoms with Gasteiger partial charge in [-0.3, -0.25) is 9.59 Å². The highest BCUT2D eigenvalue weighted by atomic mass is 32.2. The molecule has 0 spiro atoms. The summed E-state index contributed by atoms with van der Waals surface area (Å²) in [5.41, 5.74) is 2.14. The van der Waals surface area contributed by atoms with Crippen molar-refractivity contribution in [1.29, 1.82) is 0 Å². The number of thioether (sulfide) groups is 1. The maximum atomic E-state index is 14.5. The predicted molar refractivity (Wildman–Crippen MR) is 204 cm³/mol. The lowest BCUT2D eigenvalue weighted by Crippen LogP contribution is -2.40. The molecular weight excluding hydrogens is 811 g/mol. The lowest BCUT2D eigenvalue weighted by Gasteiger charge is -2.28. The molecule has 3 aromatic carbocycles. The fourth-order valence-electron chi connectivity index (χ4n) is 6.15. The molecule has 1 aliphatic carbocycles. The van der Waals surface area contributed by atoms with Crippen molar-refractivity contribution in [2.75, 3.05) is 26.2 Å². The van der Waals surface area contributed by atoms with E-state index in [1.165, 1.54) is 12.1 Å². The molecule has 0 saturated heterocycles. The van der Waals surface area contributed by atoms with Crippen LogP contribution in [0.15, 0.2) is 70.6 Å². The number of aliphatic carboxylic acids is 2. The molecule has 1 amide bonds. The smallest absolute Gasteiger partial charge is 0.416 e. The van der Waals surface area contributed by atoms with E-state index >= 15 is 0 Å². The minimum atomic E-state index is -4.42. The molecule has 1 aromatic heterocycles. The van der Waals surface area contributed by atoms with Crippen LogP contribution in [0.4, 0.5) is 26.3 Å². The molecule has 0 radical (unpaired) electrons. The lowest BCUT2D eigenvalue weighted by atomic mass is 10.0. The van der Waals surface area contributed by atoms with Gasteiger partial charge in [-0.1, -0.05) is 68.1 Å². The van der Waals surface area contributed by atoms with Gasteiger partial charge in [0.1, 0.15) is 6.54 Å². The number of benzene rings is 3. The van der Waals surface area contributed by atoms with Gasteiger partial charge >= 0.3 is 18.1 Å². The van der Waals surface area contributed by atoms with Gasteiger partial charge in [0.05, 0.1) is 5.56 Å². The van der Waals surface area contributed by atoms with Crippen molar-refractivity contribution in [3.8, 4) is 11.1 Å². The van der Waals surface area contributed by atoms with Crippen LogP contribution in [0.3, 0.4) is 0 Å². The van der Waals surface area contributed by atoms with Crippen molar-refractivity contribution in [3.05, 3.63) is 116 Å². The van der Waals surface area contributed by atoms with Crippen LogP contribution in [0, 0.1) is 17.5 Å². The Bertz CT molecular complexity index is 2150. The normalized spacial score (nSPS) is 13.3. The third-order valence-electron chi connectivity index (χ3n) is 9.58. The van der Waals surface area contributed by atoms with Gasteiger partial charge in [0.2, 0.25) is 5.91 Å². The number of aliphatic hydroxyl groups excluding tert-OH is 2. The van der Waals surface area contributed by atoms with Crippen LogP contribution in [0.25, 0.3) is 11.1 Å². The number of carbonyl (C=O) groups is 3. The quantitative estimate of drug-likeness (QED) is 0.0494. The summed E-state index contributed by atoms with van der Waals surface area (Å²) in [5.74, 6) is -8.11. The number of carbonyl (C=O) groups excluding carboxylic acids is 1. The van der Waals surface area contributed by atoms with E-state index in [0.717, 1.165) is 60.2 Å². The van der Waals surface area contributed by atoms with Crippen LogP contribution in [-0.2, 0) is 52.2 Å². The maximum Gasteiger partial charge on any atom is 0.416 e. The molecule has 318 valence electrons. The van der Waals surface area contributed by atoms with E-state index in [1.807, 2.05) is 26.0 Å². The van der Waals surface area contributed by atoms with Crippen molar-refractivity contribution in [1.82, 2.24) is 19.4 Å². The largest absolute Gasteiger partial charge is 0.479 e. The van der Waals surface area contributed by atoms with Crippen molar-refractivity contribution >= 4 is 29.6 Å². The van der Waals surface area contributed by atoms with Crippen LogP contribution < -0.4 is 5.56 Å². The molecule has 0 bridgehead atoms. The molecule has 0 fully saturated rings. The van der Waals surface area contributed by atoms with Crippen LogP contribution in [0.2, 0.25) is 0 Å². The van der Waals surface area contributed by atoms with E-state index in [4.69, 9.17) is 20.4 Å². The van der Waals surface area contributed by atoms with Crippen molar-refractivity contribution in [3.63, 3.8) is 0 Å². The predicted octanol–water partition coefficient (Wildman–Crippen LogP) is 5.38. The van der Waals surface area contributed by atoms with Crippen molar-refractivity contribution < 1.29 is 61.2 Å². The number of aromatic nitrogens is 2. The Balaban J connectivity index is 0.000000680. The van der Waals surface area contributed by atoms with Crippen molar-refractivity contribution in [2.24, 2.45) is 0 Å². The Kier molecular flexibility index (Phi) is 16.2. The van der Waals surface area contributed by atoms with Gasteiger partial charge in [0.15, 0.2) is 34.8 Å². The Morgan fingerprint density at radius 2 is 1.41 bits per heavy atom. The number of carboxylic acids is 2. The first kappa shape index (κ1) is 46.4. The summed E-state index contributed by atoms with van der Waals surface area (Å²) in [4.78, 5) is 54.6. The number of carboxylic acid groups (broad SMARTS) is 2. The summed E-state index contributed by atoms with van der Waals surface area (Å²) in [5, 5.41) is 32.7. The molecule has 12 nitrogen and oxygen atoms in total. The first-order chi connectivity index (χ1) is 27.9. The van der Waals surface area contributed by atoms with Crippen molar-refractivity contribution in [2.45, 2.75) is 75.5 Å². The van der Waals surface area contributed by atoms with E-state index < -0.39 is 58.9 Å². The number of hydrogen-bond donors (Lipinski definition) is 4. The number of likely N-dealkylation sites (N-methyl/N-ethyl adjacent to an activating group) is 1. The summed E-state index contributed by atoms with van der Waals surface area (Å²) in [6, 6.07) is 14.2. The van der Waals surface area contributed by atoms with Gasteiger partial charge in [-0.05, 0) is 67.2 Å². The number of aliphatic hydroxyl groups is 2. The molecule has 2 unspecified atom stereocenters. The second-order valence-corrected chi connectivity index (χ2v) is 14.3. The monoisotopic (exact) mass is 852 g/mol. The molecular formula is C40H42F6N4O8S. The Labute approximate surface area is 338 Å². The number of alkyl halides is 3. The highest BCUT2D eigenvalue weighted by Gasteiger charge is 2.31. The zero-order valence-electron chi connectivity index (χ0n) is 31.9. The number of fused-ring (bicyclic) bond motifs is 1. The standard InChI is InChI=1S/C36H36F6N4O2S.C4H6O6/c1-3-44(4-2)18-19-45(20-23-8-10-24(11-9-23)25-12-15-27(16-13-25)36(40,41)42)31(47)21-46-30-7-5-6-28(30)34(48)43-35(46)49-22-26-14-17-29(37)33(39)32(26)38;5-1(3(7)8)2(6)4(9)10/h8-17H,3-7,18-22H2,1-2H3;1-2,5-6H,(H,7,8)(H,9,10). The summed E-state index contributed by atoms with van der Waals surface area (Å²) in [6.07, 6.45) is -7.17. The summed E-state index contributed by atoms with van der Waals surface area (Å²) >= 11 is 0.975. The van der Waals surface area contributed by atoms with Crippen LogP contribution in [-0.4, -0.2) is 96.0 Å². The second kappa shape index (κ2) is 20.6. The average Bonchev–Trinajstić information content (AvgIpc) is 3.71. The van der Waals surface area contributed by atoms with E-state index in [2.05, 4.69) is 9.88 Å². The number of rotatable bonds is 16. The molecule has 19 heteroatoms. The summed E-state index contributed by atoms with van der Waals surface area (Å²) in [6.45, 7) is 6.78. The van der Waals surface area contributed by atoms with E-state index in [-0.39, 0.29) is 35.5 Å². The van der Waals surface area contributed by atoms with Crippen LogP contribution in [0.5, 0.6) is 0 Å². The topological polar surface area (TPSA) is 174 Å². The molecule has 4 N–H and O–H groups in total. The van der Waals surface area contributed by atoms with Crippen LogP contribution >= 0.6 is 11.8 Å². The van der Waals surface area contributed by atoms with E-state index in [0.29, 0.717) is 49.2 Å². The van der Waals surface area contributed by atoms with Gasteiger partial charge < -0.3 is 34.8 Å². The number of halogens is 6. The molecule has 59 heavy (non-hydrogen) atoms. The minimum Gasteiger partial charge on any atom is -0.479 e. The molecule has 0 saturated carbocycles. The Morgan fingerprint density at radius 3 is 1.95 bits per heavy atom.